The molecule has 0 bridgehead atoms. The molecule has 0 aromatic heterocycles. The molecule has 0 radical (unpaired) electrons. The molecule has 2 aromatic rings. The summed E-state index contributed by atoms with van der Waals surface area (Å²) in [5.41, 5.74) is 0.677. The number of urea groups is 1. The summed E-state index contributed by atoms with van der Waals surface area (Å²) in [4.78, 5) is 27.0. The SMILES string of the molecule is CCOC(=O)C1=C(COc2ccc(F)cc2F)N(C)C(=O)N[C@H]1c1cc(OC)ccc1OC. The van der Waals surface area contributed by atoms with Crippen LogP contribution in [0, 0.1) is 11.6 Å². The van der Waals surface area contributed by atoms with Crippen molar-refractivity contribution in [1.29, 1.82) is 0 Å². The Morgan fingerprint density at radius 3 is 2.45 bits per heavy atom. The lowest BCUT2D eigenvalue weighted by Crippen LogP contribution is -2.48. The maximum absolute atomic E-state index is 14.1. The van der Waals surface area contributed by atoms with Gasteiger partial charge in [-0.2, -0.15) is 0 Å². The van der Waals surface area contributed by atoms with E-state index < -0.39 is 29.7 Å². The maximum atomic E-state index is 14.1. The minimum atomic E-state index is -0.963. The molecule has 176 valence electrons. The average molecular weight is 462 g/mol. The van der Waals surface area contributed by atoms with Crippen LogP contribution in [0.1, 0.15) is 18.5 Å². The molecular formula is C23H24F2N2O6. The summed E-state index contributed by atoms with van der Waals surface area (Å²) in [6, 6.07) is 6.30. The Morgan fingerprint density at radius 2 is 1.82 bits per heavy atom. The number of esters is 1. The van der Waals surface area contributed by atoms with Crippen molar-refractivity contribution in [2.24, 2.45) is 0 Å². The van der Waals surface area contributed by atoms with Gasteiger partial charge in [0.15, 0.2) is 11.6 Å². The number of halogens is 2. The summed E-state index contributed by atoms with van der Waals surface area (Å²) < 4.78 is 48.8. The number of nitrogens with zero attached hydrogens (tertiary/aromatic N) is 1. The van der Waals surface area contributed by atoms with Gasteiger partial charge in [0.1, 0.15) is 23.9 Å². The second kappa shape index (κ2) is 10.2. The van der Waals surface area contributed by atoms with Crippen molar-refractivity contribution in [3.8, 4) is 17.2 Å². The minimum Gasteiger partial charge on any atom is -0.497 e. The largest absolute Gasteiger partial charge is 0.497 e. The molecule has 2 aromatic carbocycles. The van der Waals surface area contributed by atoms with Gasteiger partial charge in [0.25, 0.3) is 0 Å². The van der Waals surface area contributed by atoms with Crippen LogP contribution in [-0.4, -0.2) is 51.4 Å². The second-order valence-electron chi connectivity index (χ2n) is 6.99. The molecule has 1 aliphatic heterocycles. The molecule has 0 saturated heterocycles. The Morgan fingerprint density at radius 1 is 1.09 bits per heavy atom. The van der Waals surface area contributed by atoms with Crippen LogP contribution in [0.25, 0.3) is 0 Å². The number of rotatable bonds is 8. The van der Waals surface area contributed by atoms with Gasteiger partial charge in [0.2, 0.25) is 0 Å². The maximum Gasteiger partial charge on any atom is 0.338 e. The standard InChI is InChI=1S/C23H24F2N2O6/c1-5-32-22(28)20-17(12-33-19-8-6-13(24)10-16(19)25)27(2)23(29)26-21(20)15-11-14(30-3)7-9-18(15)31-4/h6-11,21H,5,12H2,1-4H3,(H,26,29)/t21-/m0/s1. The third-order valence-electron chi connectivity index (χ3n) is 5.08. The molecule has 0 spiro atoms. The van der Waals surface area contributed by atoms with Crippen LogP contribution in [0.4, 0.5) is 13.6 Å². The quantitative estimate of drug-likeness (QED) is 0.604. The van der Waals surface area contributed by atoms with Crippen LogP contribution in [0.2, 0.25) is 0 Å². The number of likely N-dealkylation sites (N-methyl/N-ethyl adjacent to an activating group) is 1. The van der Waals surface area contributed by atoms with Gasteiger partial charge in [-0.05, 0) is 37.3 Å². The summed E-state index contributed by atoms with van der Waals surface area (Å²) in [6.45, 7) is 1.38. The lowest BCUT2D eigenvalue weighted by Gasteiger charge is -2.35. The van der Waals surface area contributed by atoms with Crippen molar-refractivity contribution >= 4 is 12.0 Å². The summed E-state index contributed by atoms with van der Waals surface area (Å²) in [6.07, 6.45) is 0. The van der Waals surface area contributed by atoms with Crippen molar-refractivity contribution in [2.45, 2.75) is 13.0 Å². The van der Waals surface area contributed by atoms with Gasteiger partial charge < -0.3 is 24.3 Å². The highest BCUT2D eigenvalue weighted by molar-refractivity contribution is 5.95. The molecule has 0 aliphatic carbocycles. The lowest BCUT2D eigenvalue weighted by molar-refractivity contribution is -0.139. The first kappa shape index (κ1) is 23.8. The first-order chi connectivity index (χ1) is 15.8. The number of hydrogen-bond donors (Lipinski definition) is 1. The van der Waals surface area contributed by atoms with Gasteiger partial charge in [0, 0.05) is 18.7 Å². The molecule has 10 heteroatoms. The monoisotopic (exact) mass is 462 g/mol. The smallest absolute Gasteiger partial charge is 0.338 e. The Hall–Kier alpha value is -3.82. The molecule has 0 unspecified atom stereocenters. The van der Waals surface area contributed by atoms with Crippen LogP contribution in [-0.2, 0) is 9.53 Å². The van der Waals surface area contributed by atoms with E-state index in [0.29, 0.717) is 23.1 Å². The summed E-state index contributed by atoms with van der Waals surface area (Å²) >= 11 is 0. The fraction of sp³-hybridized carbons (Fsp3) is 0.304. The second-order valence-corrected chi connectivity index (χ2v) is 6.99. The Balaban J connectivity index is 2.12. The Bertz CT molecular complexity index is 1090. The molecule has 0 fully saturated rings. The average Bonchev–Trinajstić information content (AvgIpc) is 2.80. The zero-order valence-corrected chi connectivity index (χ0v) is 18.6. The molecule has 0 saturated carbocycles. The molecule has 33 heavy (non-hydrogen) atoms. The van der Waals surface area contributed by atoms with Crippen LogP contribution in [0.15, 0.2) is 47.7 Å². The van der Waals surface area contributed by atoms with E-state index in [-0.39, 0.29) is 30.2 Å². The number of hydrogen-bond acceptors (Lipinski definition) is 6. The normalized spacial score (nSPS) is 15.8. The molecule has 1 N–H and O–H groups in total. The van der Waals surface area contributed by atoms with E-state index in [9.17, 15) is 18.4 Å². The summed E-state index contributed by atoms with van der Waals surface area (Å²) in [7, 11) is 4.38. The van der Waals surface area contributed by atoms with Crippen LogP contribution in [0.3, 0.4) is 0 Å². The summed E-state index contributed by atoms with van der Waals surface area (Å²) in [5.74, 6) is -1.72. The minimum absolute atomic E-state index is 0.0769. The topological polar surface area (TPSA) is 86.3 Å². The van der Waals surface area contributed by atoms with Gasteiger partial charge in [-0.25, -0.2) is 18.4 Å². The van der Waals surface area contributed by atoms with E-state index >= 15 is 0 Å². The molecule has 1 heterocycles. The van der Waals surface area contributed by atoms with E-state index in [0.717, 1.165) is 12.1 Å². The first-order valence-corrected chi connectivity index (χ1v) is 10.0. The molecule has 1 aliphatic rings. The van der Waals surface area contributed by atoms with Gasteiger partial charge in [-0.3, -0.25) is 4.90 Å². The van der Waals surface area contributed by atoms with E-state index in [1.807, 2.05) is 0 Å². The molecule has 2 amide bonds. The number of methoxy groups -OCH3 is 2. The van der Waals surface area contributed by atoms with Crippen LogP contribution < -0.4 is 19.5 Å². The third-order valence-corrected chi connectivity index (χ3v) is 5.08. The van der Waals surface area contributed by atoms with Crippen molar-refractivity contribution in [3.63, 3.8) is 0 Å². The molecule has 3 rings (SSSR count). The van der Waals surface area contributed by atoms with Crippen LogP contribution in [0.5, 0.6) is 17.2 Å². The lowest BCUT2D eigenvalue weighted by atomic mass is 9.93. The number of amides is 2. The highest BCUT2D eigenvalue weighted by Gasteiger charge is 2.38. The fourth-order valence-corrected chi connectivity index (χ4v) is 3.42. The third kappa shape index (κ3) is 5.00. The number of benzene rings is 2. The van der Waals surface area contributed by atoms with E-state index in [1.54, 1.807) is 25.1 Å². The van der Waals surface area contributed by atoms with Gasteiger partial charge in [0.05, 0.1) is 38.1 Å². The van der Waals surface area contributed by atoms with E-state index in [4.69, 9.17) is 18.9 Å². The van der Waals surface area contributed by atoms with Crippen molar-refractivity contribution in [1.82, 2.24) is 10.2 Å². The molecular weight excluding hydrogens is 438 g/mol. The Labute approximate surface area is 189 Å². The van der Waals surface area contributed by atoms with E-state index in [2.05, 4.69) is 5.32 Å². The number of ether oxygens (including phenoxy) is 4. The number of carbonyl (C=O) groups excluding carboxylic acids is 2. The van der Waals surface area contributed by atoms with Crippen molar-refractivity contribution in [3.05, 3.63) is 64.9 Å². The Kier molecular flexibility index (Phi) is 7.37. The van der Waals surface area contributed by atoms with Crippen molar-refractivity contribution < 1.29 is 37.3 Å². The van der Waals surface area contributed by atoms with Gasteiger partial charge in [-0.15, -0.1) is 0 Å². The van der Waals surface area contributed by atoms with Crippen LogP contribution >= 0.6 is 0 Å². The first-order valence-electron chi connectivity index (χ1n) is 10.0. The summed E-state index contributed by atoms with van der Waals surface area (Å²) in [5, 5.41) is 2.76. The predicted octanol–water partition coefficient (Wildman–Crippen LogP) is 3.57. The van der Waals surface area contributed by atoms with E-state index in [1.165, 1.54) is 26.2 Å². The molecule has 1 atom stereocenters. The van der Waals surface area contributed by atoms with Gasteiger partial charge >= 0.3 is 12.0 Å². The van der Waals surface area contributed by atoms with Gasteiger partial charge in [-0.1, -0.05) is 0 Å². The highest BCUT2D eigenvalue weighted by atomic mass is 19.1. The predicted molar refractivity (Wildman–Crippen MR) is 114 cm³/mol. The highest BCUT2D eigenvalue weighted by Crippen LogP contribution is 2.37. The van der Waals surface area contributed by atoms with Crippen molar-refractivity contribution in [2.75, 3.05) is 34.5 Å². The number of carbonyl (C=O) groups is 2. The zero-order chi connectivity index (χ0) is 24.1. The zero-order valence-electron chi connectivity index (χ0n) is 18.6. The fourth-order valence-electron chi connectivity index (χ4n) is 3.42. The number of nitrogens with one attached hydrogen (secondary N) is 1. The molecule has 8 nitrogen and oxygen atoms in total.